The maximum absolute atomic E-state index is 11.5. The lowest BCUT2D eigenvalue weighted by molar-refractivity contribution is 0.101. The van der Waals surface area contributed by atoms with Crippen LogP contribution in [-0.2, 0) is 6.61 Å². The molecule has 0 spiro atoms. The largest absolute Gasteiger partial charge is 0.392 e. The summed E-state index contributed by atoms with van der Waals surface area (Å²) in [6.07, 6.45) is 2.93. The number of rotatable bonds is 3. The van der Waals surface area contributed by atoms with Crippen LogP contribution in [0.5, 0.6) is 0 Å². The Morgan fingerprint density at radius 2 is 2.31 bits per heavy atom. The molecule has 0 aliphatic rings. The molecule has 0 atom stereocenters. The van der Waals surface area contributed by atoms with E-state index < -0.39 is 0 Å². The Labute approximate surface area is 92.4 Å². The third-order valence-corrected chi connectivity index (χ3v) is 2.29. The number of aromatic nitrogens is 3. The molecular weight excluding hydrogens is 206 g/mol. The number of carbonyl (C=O) groups excluding carboxylic acids is 1. The molecule has 5 nitrogen and oxygen atoms in total. The van der Waals surface area contributed by atoms with Crippen LogP contribution < -0.4 is 0 Å². The number of ketones is 1. The molecule has 0 bridgehead atoms. The maximum atomic E-state index is 11.5. The second kappa shape index (κ2) is 4.24. The maximum Gasteiger partial charge on any atom is 0.161 e. The summed E-state index contributed by atoms with van der Waals surface area (Å²) in [5.41, 5.74) is 1.90. The number of nitrogens with zero attached hydrogens (tertiary/aromatic N) is 3. The van der Waals surface area contributed by atoms with E-state index in [4.69, 9.17) is 5.11 Å². The Morgan fingerprint density at radius 1 is 1.50 bits per heavy atom. The summed E-state index contributed by atoms with van der Waals surface area (Å²) in [6, 6.07) is 5.17. The van der Waals surface area contributed by atoms with Crippen molar-refractivity contribution in [3.05, 3.63) is 42.0 Å². The highest BCUT2D eigenvalue weighted by atomic mass is 16.3. The van der Waals surface area contributed by atoms with Gasteiger partial charge in [0.1, 0.15) is 12.7 Å². The molecule has 1 aromatic carbocycles. The summed E-state index contributed by atoms with van der Waals surface area (Å²) < 4.78 is 1.53. The van der Waals surface area contributed by atoms with Gasteiger partial charge >= 0.3 is 0 Å². The lowest BCUT2D eigenvalue weighted by atomic mass is 10.1. The van der Waals surface area contributed by atoms with Gasteiger partial charge in [0.2, 0.25) is 0 Å². The van der Waals surface area contributed by atoms with Gasteiger partial charge in [0.15, 0.2) is 5.78 Å². The monoisotopic (exact) mass is 217 g/mol. The van der Waals surface area contributed by atoms with Crippen LogP contribution in [0, 0.1) is 0 Å². The van der Waals surface area contributed by atoms with Crippen LogP contribution in [0.25, 0.3) is 5.69 Å². The SMILES string of the molecule is CC(=O)c1cc(CO)ccc1-n1cncn1. The van der Waals surface area contributed by atoms with Gasteiger partial charge in [0.25, 0.3) is 0 Å². The highest BCUT2D eigenvalue weighted by molar-refractivity contribution is 5.97. The van der Waals surface area contributed by atoms with E-state index in [1.165, 1.54) is 24.3 Å². The van der Waals surface area contributed by atoms with E-state index in [0.717, 1.165) is 0 Å². The van der Waals surface area contributed by atoms with Crippen molar-refractivity contribution in [1.82, 2.24) is 14.8 Å². The van der Waals surface area contributed by atoms with Crippen LogP contribution in [-0.4, -0.2) is 25.7 Å². The van der Waals surface area contributed by atoms with Gasteiger partial charge < -0.3 is 5.11 Å². The molecule has 0 aliphatic carbocycles. The van der Waals surface area contributed by atoms with E-state index in [0.29, 0.717) is 16.8 Å². The zero-order chi connectivity index (χ0) is 11.5. The van der Waals surface area contributed by atoms with Crippen LogP contribution in [0.1, 0.15) is 22.8 Å². The molecule has 1 aromatic heterocycles. The first-order chi connectivity index (χ1) is 7.72. The predicted octanol–water partition coefficient (Wildman–Crippen LogP) is 0.962. The van der Waals surface area contributed by atoms with Crippen molar-refractivity contribution < 1.29 is 9.90 Å². The Bertz CT molecular complexity index is 506. The van der Waals surface area contributed by atoms with Crippen LogP contribution in [0.15, 0.2) is 30.9 Å². The lowest BCUT2D eigenvalue weighted by Gasteiger charge is -2.07. The molecule has 5 heteroatoms. The molecule has 1 N–H and O–H groups in total. The van der Waals surface area contributed by atoms with Crippen molar-refractivity contribution >= 4 is 5.78 Å². The van der Waals surface area contributed by atoms with E-state index >= 15 is 0 Å². The summed E-state index contributed by atoms with van der Waals surface area (Å²) in [5.74, 6) is -0.0687. The Morgan fingerprint density at radius 3 is 2.88 bits per heavy atom. The van der Waals surface area contributed by atoms with Gasteiger partial charge in [0, 0.05) is 5.56 Å². The van der Waals surface area contributed by atoms with E-state index in [2.05, 4.69) is 10.1 Å². The molecule has 1 heterocycles. The summed E-state index contributed by atoms with van der Waals surface area (Å²) in [7, 11) is 0. The average Bonchev–Trinajstić information content (AvgIpc) is 2.81. The van der Waals surface area contributed by atoms with Crippen LogP contribution in [0.2, 0.25) is 0 Å². The van der Waals surface area contributed by atoms with Crippen molar-refractivity contribution in [2.24, 2.45) is 0 Å². The molecular formula is C11H11N3O2. The number of hydrogen-bond donors (Lipinski definition) is 1. The molecule has 0 radical (unpaired) electrons. The Kier molecular flexibility index (Phi) is 2.78. The van der Waals surface area contributed by atoms with E-state index in [-0.39, 0.29) is 12.4 Å². The number of aliphatic hydroxyl groups is 1. The molecule has 0 fully saturated rings. The minimum atomic E-state index is -0.0854. The van der Waals surface area contributed by atoms with Crippen LogP contribution in [0.4, 0.5) is 0 Å². The van der Waals surface area contributed by atoms with Gasteiger partial charge in [0.05, 0.1) is 12.3 Å². The van der Waals surface area contributed by atoms with Crippen molar-refractivity contribution in [3.8, 4) is 5.69 Å². The zero-order valence-electron chi connectivity index (χ0n) is 8.79. The normalized spacial score (nSPS) is 10.4. The van der Waals surface area contributed by atoms with Gasteiger partial charge in [-0.25, -0.2) is 9.67 Å². The molecule has 16 heavy (non-hydrogen) atoms. The highest BCUT2D eigenvalue weighted by Crippen LogP contribution is 2.16. The van der Waals surface area contributed by atoms with Gasteiger partial charge in [-0.15, -0.1) is 0 Å². The van der Waals surface area contributed by atoms with Crippen molar-refractivity contribution in [2.75, 3.05) is 0 Å². The fourth-order valence-electron chi connectivity index (χ4n) is 1.50. The number of carbonyl (C=O) groups is 1. The molecule has 0 unspecified atom stereocenters. The second-order valence-corrected chi connectivity index (χ2v) is 3.41. The van der Waals surface area contributed by atoms with Crippen LogP contribution >= 0.6 is 0 Å². The van der Waals surface area contributed by atoms with Crippen molar-refractivity contribution in [3.63, 3.8) is 0 Å². The number of aliphatic hydroxyl groups excluding tert-OH is 1. The molecule has 0 saturated carbocycles. The summed E-state index contributed by atoms with van der Waals surface area (Å²) in [5, 5.41) is 13.0. The minimum Gasteiger partial charge on any atom is -0.392 e. The lowest BCUT2D eigenvalue weighted by Crippen LogP contribution is -2.05. The third-order valence-electron chi connectivity index (χ3n) is 2.29. The summed E-state index contributed by atoms with van der Waals surface area (Å²) >= 11 is 0. The number of Topliss-reactive ketones (excluding diaryl/α,β-unsaturated/α-hetero) is 1. The molecule has 82 valence electrons. The number of hydrogen-bond acceptors (Lipinski definition) is 4. The first kappa shape index (κ1) is 10.5. The summed E-state index contributed by atoms with van der Waals surface area (Å²) in [6.45, 7) is 1.40. The van der Waals surface area contributed by atoms with Gasteiger partial charge in [-0.05, 0) is 24.6 Å². The van der Waals surface area contributed by atoms with Crippen molar-refractivity contribution in [1.29, 1.82) is 0 Å². The standard InChI is InChI=1S/C11H11N3O2/c1-8(16)10-4-9(5-15)2-3-11(10)14-7-12-6-13-14/h2-4,6-7,15H,5H2,1H3. The Hall–Kier alpha value is -2.01. The molecule has 0 saturated heterocycles. The summed E-state index contributed by atoms with van der Waals surface area (Å²) in [4.78, 5) is 15.3. The van der Waals surface area contributed by atoms with E-state index in [1.54, 1.807) is 18.2 Å². The van der Waals surface area contributed by atoms with Crippen molar-refractivity contribution in [2.45, 2.75) is 13.5 Å². The van der Waals surface area contributed by atoms with Crippen LogP contribution in [0.3, 0.4) is 0 Å². The molecule has 0 aliphatic heterocycles. The highest BCUT2D eigenvalue weighted by Gasteiger charge is 2.10. The fraction of sp³-hybridized carbons (Fsp3) is 0.182. The average molecular weight is 217 g/mol. The van der Waals surface area contributed by atoms with Gasteiger partial charge in [-0.3, -0.25) is 4.79 Å². The molecule has 2 aromatic rings. The first-order valence-corrected chi connectivity index (χ1v) is 4.82. The Balaban J connectivity index is 2.57. The number of benzene rings is 1. The van der Waals surface area contributed by atoms with E-state index in [9.17, 15) is 4.79 Å². The predicted molar refractivity (Wildman–Crippen MR) is 57.3 cm³/mol. The minimum absolute atomic E-state index is 0.0687. The fourth-order valence-corrected chi connectivity index (χ4v) is 1.50. The first-order valence-electron chi connectivity index (χ1n) is 4.82. The zero-order valence-corrected chi connectivity index (χ0v) is 8.79. The van der Waals surface area contributed by atoms with E-state index in [1.807, 2.05) is 0 Å². The molecule has 2 rings (SSSR count). The molecule has 0 amide bonds. The smallest absolute Gasteiger partial charge is 0.161 e. The third kappa shape index (κ3) is 1.85. The quantitative estimate of drug-likeness (QED) is 0.777. The topological polar surface area (TPSA) is 68.0 Å². The second-order valence-electron chi connectivity index (χ2n) is 3.41. The van der Waals surface area contributed by atoms with Gasteiger partial charge in [-0.1, -0.05) is 6.07 Å². The van der Waals surface area contributed by atoms with Gasteiger partial charge in [-0.2, -0.15) is 5.10 Å².